The fourth-order valence-electron chi connectivity index (χ4n) is 1.61. The molecular weight excluding hydrogens is 180 g/mol. The zero-order chi connectivity index (χ0) is 9.80. The summed E-state index contributed by atoms with van der Waals surface area (Å²) in [4.78, 5) is 18.4. The minimum Gasteiger partial charge on any atom is -0.331 e. The van der Waals surface area contributed by atoms with Crippen LogP contribution in [-0.4, -0.2) is 28.5 Å². The largest absolute Gasteiger partial charge is 0.331 e. The van der Waals surface area contributed by atoms with Gasteiger partial charge in [0.25, 0.3) is 0 Å². The van der Waals surface area contributed by atoms with Crippen molar-refractivity contribution in [1.29, 1.82) is 0 Å². The van der Waals surface area contributed by atoms with Crippen LogP contribution in [0.5, 0.6) is 0 Å². The van der Waals surface area contributed by atoms with Crippen molar-refractivity contribution >= 4 is 11.9 Å². The number of amides is 1. The first-order valence-electron chi connectivity index (χ1n) is 4.90. The van der Waals surface area contributed by atoms with E-state index in [0.29, 0.717) is 5.95 Å². The van der Waals surface area contributed by atoms with Gasteiger partial charge in [-0.2, -0.15) is 0 Å². The molecule has 2 rings (SSSR count). The summed E-state index contributed by atoms with van der Waals surface area (Å²) in [5.41, 5.74) is 0. The Labute approximate surface area is 82.3 Å². The Morgan fingerprint density at radius 3 is 3.14 bits per heavy atom. The monoisotopic (exact) mass is 194 g/mol. The van der Waals surface area contributed by atoms with Crippen molar-refractivity contribution in [2.75, 3.05) is 11.9 Å². The second-order valence-corrected chi connectivity index (χ2v) is 3.43. The molecule has 1 fully saturated rings. The van der Waals surface area contributed by atoms with E-state index in [4.69, 9.17) is 0 Å². The van der Waals surface area contributed by atoms with Crippen molar-refractivity contribution in [3.05, 3.63) is 12.4 Å². The Kier molecular flexibility index (Phi) is 2.78. The van der Waals surface area contributed by atoms with Crippen LogP contribution in [0, 0.1) is 0 Å². The first-order chi connectivity index (χ1) is 6.86. The van der Waals surface area contributed by atoms with Gasteiger partial charge >= 0.3 is 0 Å². The SMILES string of the molecule is O=C(Nc1ncc[nH]1)[C@@H]1CCCCN1. The summed E-state index contributed by atoms with van der Waals surface area (Å²) in [5, 5.41) is 5.90. The normalized spacial score (nSPS) is 21.9. The van der Waals surface area contributed by atoms with E-state index in [-0.39, 0.29) is 11.9 Å². The van der Waals surface area contributed by atoms with E-state index >= 15 is 0 Å². The summed E-state index contributed by atoms with van der Waals surface area (Å²) in [6, 6.07) is -0.0613. The Bertz CT molecular complexity index is 290. The van der Waals surface area contributed by atoms with Crippen LogP contribution in [0.1, 0.15) is 19.3 Å². The van der Waals surface area contributed by atoms with Gasteiger partial charge in [0.05, 0.1) is 6.04 Å². The molecule has 0 spiro atoms. The fraction of sp³-hybridized carbons (Fsp3) is 0.556. The zero-order valence-corrected chi connectivity index (χ0v) is 7.92. The number of anilines is 1. The highest BCUT2D eigenvalue weighted by molar-refractivity contribution is 5.93. The number of imidazole rings is 1. The molecule has 0 saturated carbocycles. The molecule has 0 aliphatic carbocycles. The third-order valence-corrected chi connectivity index (χ3v) is 2.37. The molecule has 0 bridgehead atoms. The summed E-state index contributed by atoms with van der Waals surface area (Å²) in [5.74, 6) is 0.516. The van der Waals surface area contributed by atoms with Gasteiger partial charge in [-0.15, -0.1) is 0 Å². The lowest BCUT2D eigenvalue weighted by molar-refractivity contribution is -0.118. The summed E-state index contributed by atoms with van der Waals surface area (Å²) in [7, 11) is 0. The molecule has 14 heavy (non-hydrogen) atoms. The van der Waals surface area contributed by atoms with Crippen LogP contribution in [0.15, 0.2) is 12.4 Å². The average molecular weight is 194 g/mol. The molecule has 3 N–H and O–H groups in total. The van der Waals surface area contributed by atoms with Crippen LogP contribution in [-0.2, 0) is 4.79 Å². The number of piperidine rings is 1. The summed E-state index contributed by atoms with van der Waals surface area (Å²) < 4.78 is 0. The minimum atomic E-state index is -0.0613. The number of hydrogen-bond donors (Lipinski definition) is 3. The molecule has 1 atom stereocenters. The van der Waals surface area contributed by atoms with Gasteiger partial charge in [0.15, 0.2) is 0 Å². The van der Waals surface area contributed by atoms with Crippen molar-refractivity contribution in [1.82, 2.24) is 15.3 Å². The molecule has 0 aromatic carbocycles. The van der Waals surface area contributed by atoms with E-state index in [2.05, 4.69) is 20.6 Å². The standard InChI is InChI=1S/C9H14N4O/c14-8(7-3-1-2-4-10-7)13-9-11-5-6-12-9/h5-7,10H,1-4H2,(H2,11,12,13,14)/t7-/m0/s1. The van der Waals surface area contributed by atoms with Crippen LogP contribution in [0.2, 0.25) is 0 Å². The van der Waals surface area contributed by atoms with E-state index in [9.17, 15) is 4.79 Å². The predicted molar refractivity (Wildman–Crippen MR) is 52.9 cm³/mol. The van der Waals surface area contributed by atoms with Crippen molar-refractivity contribution in [2.45, 2.75) is 25.3 Å². The van der Waals surface area contributed by atoms with Gasteiger partial charge in [0, 0.05) is 12.4 Å². The van der Waals surface area contributed by atoms with Crippen LogP contribution >= 0.6 is 0 Å². The fourth-order valence-corrected chi connectivity index (χ4v) is 1.61. The molecule has 1 aliphatic rings. The second-order valence-electron chi connectivity index (χ2n) is 3.43. The number of rotatable bonds is 2. The van der Waals surface area contributed by atoms with Gasteiger partial charge in [-0.1, -0.05) is 6.42 Å². The number of hydrogen-bond acceptors (Lipinski definition) is 3. The van der Waals surface area contributed by atoms with E-state index < -0.39 is 0 Å². The first-order valence-corrected chi connectivity index (χ1v) is 4.90. The van der Waals surface area contributed by atoms with Gasteiger partial charge in [0.1, 0.15) is 0 Å². The molecule has 2 heterocycles. The number of nitrogens with zero attached hydrogens (tertiary/aromatic N) is 1. The number of carbonyl (C=O) groups excluding carboxylic acids is 1. The van der Waals surface area contributed by atoms with Crippen LogP contribution in [0.3, 0.4) is 0 Å². The van der Waals surface area contributed by atoms with Crippen LogP contribution < -0.4 is 10.6 Å². The minimum absolute atomic E-state index is 0.000324. The van der Waals surface area contributed by atoms with E-state index in [1.165, 1.54) is 0 Å². The number of aromatic nitrogens is 2. The molecule has 1 aromatic heterocycles. The molecule has 5 nitrogen and oxygen atoms in total. The molecule has 1 aliphatic heterocycles. The van der Waals surface area contributed by atoms with Gasteiger partial charge in [-0.05, 0) is 19.4 Å². The highest BCUT2D eigenvalue weighted by atomic mass is 16.2. The van der Waals surface area contributed by atoms with Gasteiger partial charge in [-0.25, -0.2) is 4.98 Å². The number of nitrogens with one attached hydrogen (secondary N) is 3. The Hall–Kier alpha value is -1.36. The van der Waals surface area contributed by atoms with E-state index in [1.807, 2.05) is 0 Å². The lowest BCUT2D eigenvalue weighted by atomic mass is 10.0. The van der Waals surface area contributed by atoms with E-state index in [1.54, 1.807) is 12.4 Å². The lowest BCUT2D eigenvalue weighted by Gasteiger charge is -2.21. The van der Waals surface area contributed by atoms with Crippen molar-refractivity contribution < 1.29 is 4.79 Å². The third kappa shape index (κ3) is 2.11. The quantitative estimate of drug-likeness (QED) is 0.641. The molecule has 1 aromatic rings. The van der Waals surface area contributed by atoms with Crippen molar-refractivity contribution in [2.24, 2.45) is 0 Å². The molecular formula is C9H14N4O. The smallest absolute Gasteiger partial charge is 0.243 e. The summed E-state index contributed by atoms with van der Waals surface area (Å²) in [6.07, 6.45) is 6.48. The van der Waals surface area contributed by atoms with Crippen LogP contribution in [0.4, 0.5) is 5.95 Å². The number of H-pyrrole nitrogens is 1. The molecule has 5 heteroatoms. The van der Waals surface area contributed by atoms with Gasteiger partial charge in [0.2, 0.25) is 11.9 Å². The summed E-state index contributed by atoms with van der Waals surface area (Å²) in [6.45, 7) is 0.927. The third-order valence-electron chi connectivity index (χ3n) is 2.37. The number of carbonyl (C=O) groups is 1. The van der Waals surface area contributed by atoms with E-state index in [0.717, 1.165) is 25.8 Å². The highest BCUT2D eigenvalue weighted by Crippen LogP contribution is 2.08. The van der Waals surface area contributed by atoms with Gasteiger partial charge in [-0.3, -0.25) is 10.1 Å². The highest BCUT2D eigenvalue weighted by Gasteiger charge is 2.20. The van der Waals surface area contributed by atoms with Crippen molar-refractivity contribution in [3.63, 3.8) is 0 Å². The van der Waals surface area contributed by atoms with Gasteiger partial charge < -0.3 is 10.3 Å². The van der Waals surface area contributed by atoms with Crippen molar-refractivity contribution in [3.8, 4) is 0 Å². The predicted octanol–water partition coefficient (Wildman–Crippen LogP) is 0.490. The molecule has 76 valence electrons. The lowest BCUT2D eigenvalue weighted by Crippen LogP contribution is -2.43. The average Bonchev–Trinajstić information content (AvgIpc) is 2.72. The maximum absolute atomic E-state index is 11.6. The molecule has 1 saturated heterocycles. The molecule has 1 amide bonds. The topological polar surface area (TPSA) is 69.8 Å². The maximum Gasteiger partial charge on any atom is 0.243 e. The first kappa shape index (κ1) is 9.21. The Balaban J connectivity index is 1.88. The number of aromatic amines is 1. The zero-order valence-electron chi connectivity index (χ0n) is 7.92. The Morgan fingerprint density at radius 2 is 2.50 bits per heavy atom. The molecule has 0 radical (unpaired) electrons. The Morgan fingerprint density at radius 1 is 1.57 bits per heavy atom. The van der Waals surface area contributed by atoms with Crippen LogP contribution in [0.25, 0.3) is 0 Å². The maximum atomic E-state index is 11.6. The molecule has 0 unspecified atom stereocenters. The second kappa shape index (κ2) is 4.23. The summed E-state index contributed by atoms with van der Waals surface area (Å²) >= 11 is 0.